The van der Waals surface area contributed by atoms with Gasteiger partial charge in [0, 0.05) is 19.4 Å². The molecule has 1 aromatic carbocycles. The number of fused-ring (bicyclic) bond motifs is 1. The van der Waals surface area contributed by atoms with Gasteiger partial charge in [-0.1, -0.05) is 36.4 Å². The molecule has 1 amide bonds. The molecule has 0 fully saturated rings. The minimum absolute atomic E-state index is 0.166. The number of hydrazone groups is 1. The quantitative estimate of drug-likeness (QED) is 0.669. The van der Waals surface area contributed by atoms with Crippen molar-refractivity contribution in [1.82, 2.24) is 9.55 Å². The van der Waals surface area contributed by atoms with Crippen LogP contribution in [0.3, 0.4) is 0 Å². The van der Waals surface area contributed by atoms with Crippen molar-refractivity contribution in [3.8, 4) is 11.4 Å². The normalized spacial score (nSPS) is 13.3. The smallest absolute Gasteiger partial charge is 0.245 e. The van der Waals surface area contributed by atoms with Crippen LogP contribution in [-0.4, -0.2) is 26.4 Å². The largest absolute Gasteiger partial charge is 0.274 e. The third-order valence-electron chi connectivity index (χ3n) is 3.78. The fraction of sp³-hybridized carbons (Fsp3) is 0.111. The predicted molar refractivity (Wildman–Crippen MR) is 104 cm³/mol. The number of thioether (sulfide) groups is 1. The van der Waals surface area contributed by atoms with Crippen molar-refractivity contribution in [2.24, 2.45) is 5.10 Å². The van der Waals surface area contributed by atoms with Crippen molar-refractivity contribution < 1.29 is 9.59 Å². The second-order valence-corrected chi connectivity index (χ2v) is 7.53. The van der Waals surface area contributed by atoms with E-state index in [-0.39, 0.29) is 11.8 Å². The Hall–Kier alpha value is -2.71. The Morgan fingerprint density at radius 2 is 1.77 bits per heavy atom. The van der Waals surface area contributed by atoms with Crippen LogP contribution >= 0.6 is 23.1 Å². The zero-order valence-electron chi connectivity index (χ0n) is 14.0. The number of thiophene rings is 1. The Morgan fingerprint density at radius 1 is 1.00 bits per heavy atom. The van der Waals surface area contributed by atoms with Crippen molar-refractivity contribution in [3.63, 3.8) is 0 Å². The Kier molecular flexibility index (Phi) is 4.21. The molecule has 6 nitrogen and oxygen atoms in total. The average Bonchev–Trinajstić information content (AvgIpc) is 3.29. The molecule has 0 saturated carbocycles. The third kappa shape index (κ3) is 2.77. The highest BCUT2D eigenvalue weighted by atomic mass is 32.2. The van der Waals surface area contributed by atoms with Gasteiger partial charge in [-0.05, 0) is 23.2 Å². The SMILES string of the molecule is CC(=O)N1N=C(c2cccs2)Sc2c1nc(-c1ccccc1)n2C(C)=O. The summed E-state index contributed by atoms with van der Waals surface area (Å²) in [6, 6.07) is 13.3. The Balaban J connectivity index is 1.92. The molecule has 4 rings (SSSR count). The van der Waals surface area contributed by atoms with Gasteiger partial charge in [0.15, 0.2) is 5.82 Å². The van der Waals surface area contributed by atoms with Crippen LogP contribution in [0.25, 0.3) is 11.4 Å². The maximum atomic E-state index is 12.4. The molecule has 130 valence electrons. The molecule has 0 unspecified atom stereocenters. The number of nitrogens with zero attached hydrogens (tertiary/aromatic N) is 4. The zero-order chi connectivity index (χ0) is 18.3. The molecule has 1 aliphatic heterocycles. The summed E-state index contributed by atoms with van der Waals surface area (Å²) < 4.78 is 1.55. The van der Waals surface area contributed by atoms with E-state index in [1.54, 1.807) is 4.57 Å². The molecule has 0 radical (unpaired) electrons. The van der Waals surface area contributed by atoms with E-state index in [9.17, 15) is 9.59 Å². The first kappa shape index (κ1) is 16.7. The summed E-state index contributed by atoms with van der Waals surface area (Å²) in [6.45, 7) is 2.92. The Morgan fingerprint density at radius 3 is 2.38 bits per heavy atom. The van der Waals surface area contributed by atoms with E-state index in [0.717, 1.165) is 10.4 Å². The number of hydrogen-bond acceptors (Lipinski definition) is 6. The Bertz CT molecular complexity index is 1020. The van der Waals surface area contributed by atoms with E-state index in [4.69, 9.17) is 0 Å². The number of hydrogen-bond donors (Lipinski definition) is 0. The first-order valence-corrected chi connectivity index (χ1v) is 9.56. The lowest BCUT2D eigenvalue weighted by Gasteiger charge is -2.21. The molecule has 0 saturated heterocycles. The van der Waals surface area contributed by atoms with Crippen LogP contribution < -0.4 is 5.01 Å². The fourth-order valence-corrected chi connectivity index (χ4v) is 4.54. The van der Waals surface area contributed by atoms with E-state index >= 15 is 0 Å². The van der Waals surface area contributed by atoms with Gasteiger partial charge >= 0.3 is 0 Å². The van der Waals surface area contributed by atoms with Crippen LogP contribution in [0, 0.1) is 0 Å². The number of aromatic nitrogens is 2. The van der Waals surface area contributed by atoms with Crippen LogP contribution in [-0.2, 0) is 4.79 Å². The molecule has 0 spiro atoms. The van der Waals surface area contributed by atoms with E-state index < -0.39 is 0 Å². The van der Waals surface area contributed by atoms with Gasteiger partial charge in [0.25, 0.3) is 0 Å². The number of carbonyl (C=O) groups is 2. The number of anilines is 1. The molecule has 0 atom stereocenters. The van der Waals surface area contributed by atoms with E-state index in [0.29, 0.717) is 21.7 Å². The fourth-order valence-electron chi connectivity index (χ4n) is 2.67. The molecule has 0 bridgehead atoms. The molecular formula is C18H14N4O2S2. The van der Waals surface area contributed by atoms with Crippen LogP contribution in [0.15, 0.2) is 58.0 Å². The van der Waals surface area contributed by atoms with Crippen molar-refractivity contribution in [2.45, 2.75) is 18.9 Å². The molecule has 3 heterocycles. The molecule has 26 heavy (non-hydrogen) atoms. The summed E-state index contributed by atoms with van der Waals surface area (Å²) in [6.07, 6.45) is 0. The van der Waals surface area contributed by atoms with Gasteiger partial charge in [0.2, 0.25) is 11.8 Å². The van der Waals surface area contributed by atoms with Crippen molar-refractivity contribution >= 4 is 45.8 Å². The maximum absolute atomic E-state index is 12.4. The van der Waals surface area contributed by atoms with E-state index in [2.05, 4.69) is 10.1 Å². The van der Waals surface area contributed by atoms with Gasteiger partial charge in [-0.2, -0.15) is 10.1 Å². The van der Waals surface area contributed by atoms with E-state index in [1.807, 2.05) is 47.8 Å². The number of amides is 1. The number of carbonyl (C=O) groups excluding carboxylic acids is 2. The van der Waals surface area contributed by atoms with Gasteiger partial charge < -0.3 is 0 Å². The summed E-state index contributed by atoms with van der Waals surface area (Å²) in [4.78, 5) is 30.1. The summed E-state index contributed by atoms with van der Waals surface area (Å²) >= 11 is 2.88. The van der Waals surface area contributed by atoms with Crippen molar-refractivity contribution in [3.05, 3.63) is 52.7 Å². The van der Waals surface area contributed by atoms with Crippen molar-refractivity contribution in [1.29, 1.82) is 0 Å². The van der Waals surface area contributed by atoms with E-state index in [1.165, 1.54) is 42.0 Å². The second kappa shape index (κ2) is 6.54. The first-order valence-electron chi connectivity index (χ1n) is 7.86. The zero-order valence-corrected chi connectivity index (χ0v) is 15.7. The molecule has 3 aromatic rings. The standard InChI is InChI=1S/C18H14N4O2S2/c1-11(23)21-15(13-7-4-3-5-8-13)19-16-18(21)26-17(14-9-6-10-25-14)20-22(16)12(2)24/h3-10H,1-2H3. The predicted octanol–water partition coefficient (Wildman–Crippen LogP) is 4.09. The maximum Gasteiger partial charge on any atom is 0.245 e. The van der Waals surface area contributed by atoms with Crippen LogP contribution in [0.2, 0.25) is 0 Å². The van der Waals surface area contributed by atoms with Crippen molar-refractivity contribution in [2.75, 3.05) is 5.01 Å². The van der Waals surface area contributed by atoms with Gasteiger partial charge in [0.05, 0.1) is 4.88 Å². The second-order valence-electron chi connectivity index (χ2n) is 5.60. The highest BCUT2D eigenvalue weighted by molar-refractivity contribution is 8.14. The average molecular weight is 382 g/mol. The molecule has 0 aliphatic carbocycles. The van der Waals surface area contributed by atoms with Gasteiger partial charge in [0.1, 0.15) is 15.9 Å². The third-order valence-corrected chi connectivity index (χ3v) is 5.84. The number of imidazole rings is 1. The molecular weight excluding hydrogens is 368 g/mol. The highest BCUT2D eigenvalue weighted by Gasteiger charge is 2.32. The van der Waals surface area contributed by atoms with Gasteiger partial charge in [-0.15, -0.1) is 11.3 Å². The van der Waals surface area contributed by atoms with Crippen LogP contribution in [0.4, 0.5) is 5.82 Å². The summed E-state index contributed by atoms with van der Waals surface area (Å²) in [5.41, 5.74) is 0.805. The highest BCUT2D eigenvalue weighted by Crippen LogP contribution is 2.41. The number of rotatable bonds is 2. The first-order chi connectivity index (χ1) is 12.6. The lowest BCUT2D eigenvalue weighted by atomic mass is 10.2. The summed E-state index contributed by atoms with van der Waals surface area (Å²) in [7, 11) is 0. The topological polar surface area (TPSA) is 67.6 Å². The Labute approximate surface area is 158 Å². The van der Waals surface area contributed by atoms with Gasteiger partial charge in [-0.3, -0.25) is 14.2 Å². The molecule has 8 heteroatoms. The monoisotopic (exact) mass is 382 g/mol. The minimum atomic E-state index is -0.256. The molecule has 0 N–H and O–H groups in total. The lowest BCUT2D eigenvalue weighted by Crippen LogP contribution is -2.27. The lowest BCUT2D eigenvalue weighted by molar-refractivity contribution is -0.116. The van der Waals surface area contributed by atoms with Crippen LogP contribution in [0.1, 0.15) is 23.5 Å². The molecule has 2 aromatic heterocycles. The van der Waals surface area contributed by atoms with Crippen LogP contribution in [0.5, 0.6) is 0 Å². The summed E-state index contributed by atoms with van der Waals surface area (Å²) in [5, 5.41) is 8.95. The minimum Gasteiger partial charge on any atom is -0.274 e. The summed E-state index contributed by atoms with van der Waals surface area (Å²) in [5.74, 6) is 0.468. The molecule has 1 aliphatic rings. The number of benzene rings is 1. The van der Waals surface area contributed by atoms with Gasteiger partial charge in [-0.25, -0.2) is 4.98 Å².